The van der Waals surface area contributed by atoms with Gasteiger partial charge in [0.15, 0.2) is 0 Å². The van der Waals surface area contributed by atoms with Crippen LogP contribution in [-0.4, -0.2) is 20.1 Å². The van der Waals surface area contributed by atoms with Gasteiger partial charge in [-0.25, -0.2) is 0 Å². The van der Waals surface area contributed by atoms with Crippen molar-refractivity contribution in [1.29, 1.82) is 0 Å². The molecule has 2 atom stereocenters. The van der Waals surface area contributed by atoms with E-state index < -0.39 is 0 Å². The zero-order valence-corrected chi connectivity index (χ0v) is 12.1. The Morgan fingerprint density at radius 3 is 2.33 bits per heavy atom. The lowest BCUT2D eigenvalue weighted by Crippen LogP contribution is -2.21. The van der Waals surface area contributed by atoms with E-state index in [4.69, 9.17) is 0 Å². The van der Waals surface area contributed by atoms with Gasteiger partial charge in [0.05, 0.1) is 0 Å². The normalized spacial score (nSPS) is 21.6. The summed E-state index contributed by atoms with van der Waals surface area (Å²) in [6, 6.07) is 9.47. The summed E-state index contributed by atoms with van der Waals surface area (Å²) in [5.74, 6) is 1.67. The van der Waals surface area contributed by atoms with E-state index in [1.165, 1.54) is 30.8 Å². The third-order valence-corrected chi connectivity index (χ3v) is 4.36. The van der Waals surface area contributed by atoms with E-state index in [-0.39, 0.29) is 0 Å². The monoisotopic (exact) mass is 246 g/mol. The van der Waals surface area contributed by atoms with Crippen molar-refractivity contribution in [2.75, 3.05) is 25.0 Å². The van der Waals surface area contributed by atoms with E-state index in [2.05, 4.69) is 55.3 Å². The molecule has 100 valence electrons. The summed E-state index contributed by atoms with van der Waals surface area (Å²) in [7, 11) is 2.01. The summed E-state index contributed by atoms with van der Waals surface area (Å²) in [5, 5.41) is 3.28. The summed E-state index contributed by atoms with van der Waals surface area (Å²) < 4.78 is 0. The second-order valence-electron chi connectivity index (χ2n) is 5.84. The van der Waals surface area contributed by atoms with Gasteiger partial charge in [-0.1, -0.05) is 26.0 Å². The first kappa shape index (κ1) is 13.4. The van der Waals surface area contributed by atoms with Gasteiger partial charge in [-0.2, -0.15) is 0 Å². The Labute approximate surface area is 111 Å². The van der Waals surface area contributed by atoms with Crippen molar-refractivity contribution in [1.82, 2.24) is 5.32 Å². The third-order valence-electron chi connectivity index (χ3n) is 4.36. The molecular formula is C16H26N2. The summed E-state index contributed by atoms with van der Waals surface area (Å²) in [5.41, 5.74) is 2.74. The van der Waals surface area contributed by atoms with Crippen LogP contribution >= 0.6 is 0 Å². The average molecular weight is 246 g/mol. The molecule has 1 aliphatic heterocycles. The zero-order chi connectivity index (χ0) is 13.1. The molecule has 1 N–H and O–H groups in total. The number of hydrogen-bond acceptors (Lipinski definition) is 2. The molecule has 1 heterocycles. The maximum Gasteiger partial charge on any atom is 0.0366 e. The van der Waals surface area contributed by atoms with Crippen LogP contribution in [0.4, 0.5) is 5.69 Å². The van der Waals surface area contributed by atoms with Gasteiger partial charge in [0.25, 0.3) is 0 Å². The SMILES string of the molecule is CNC(C)c1ccc(N2CCC(C(C)C)C2)cc1. The average Bonchev–Trinajstić information content (AvgIpc) is 2.88. The van der Waals surface area contributed by atoms with Crippen LogP contribution in [0.25, 0.3) is 0 Å². The molecule has 0 radical (unpaired) electrons. The second kappa shape index (κ2) is 5.75. The predicted octanol–water partition coefficient (Wildman–Crippen LogP) is 3.45. The Morgan fingerprint density at radius 2 is 1.83 bits per heavy atom. The zero-order valence-electron chi connectivity index (χ0n) is 12.1. The summed E-state index contributed by atoms with van der Waals surface area (Å²) in [6.45, 7) is 9.31. The van der Waals surface area contributed by atoms with Crippen molar-refractivity contribution in [2.45, 2.75) is 33.2 Å². The van der Waals surface area contributed by atoms with Gasteiger partial charge in [-0.05, 0) is 49.9 Å². The molecule has 0 spiro atoms. The van der Waals surface area contributed by atoms with E-state index in [1.54, 1.807) is 0 Å². The minimum absolute atomic E-state index is 0.432. The van der Waals surface area contributed by atoms with E-state index in [9.17, 15) is 0 Å². The first-order valence-electron chi connectivity index (χ1n) is 7.14. The fourth-order valence-corrected chi connectivity index (χ4v) is 2.71. The lowest BCUT2D eigenvalue weighted by Gasteiger charge is -2.21. The molecule has 2 heteroatoms. The van der Waals surface area contributed by atoms with Crippen LogP contribution in [0.1, 0.15) is 38.8 Å². The molecule has 1 fully saturated rings. The van der Waals surface area contributed by atoms with Crippen molar-refractivity contribution < 1.29 is 0 Å². The highest BCUT2D eigenvalue weighted by Gasteiger charge is 2.24. The number of nitrogens with one attached hydrogen (secondary N) is 1. The van der Waals surface area contributed by atoms with Gasteiger partial charge in [-0.15, -0.1) is 0 Å². The fraction of sp³-hybridized carbons (Fsp3) is 0.625. The van der Waals surface area contributed by atoms with Gasteiger partial charge in [0.1, 0.15) is 0 Å². The molecule has 1 aromatic carbocycles. The van der Waals surface area contributed by atoms with Crippen LogP contribution in [0, 0.1) is 11.8 Å². The first-order valence-corrected chi connectivity index (χ1v) is 7.14. The van der Waals surface area contributed by atoms with E-state index >= 15 is 0 Å². The highest BCUT2D eigenvalue weighted by atomic mass is 15.1. The Balaban J connectivity index is 2.02. The van der Waals surface area contributed by atoms with Crippen LogP contribution in [0.15, 0.2) is 24.3 Å². The fourth-order valence-electron chi connectivity index (χ4n) is 2.71. The van der Waals surface area contributed by atoms with E-state index in [1.807, 2.05) is 7.05 Å². The Kier molecular flexibility index (Phi) is 4.28. The lowest BCUT2D eigenvalue weighted by molar-refractivity contribution is 0.423. The maximum absolute atomic E-state index is 3.28. The van der Waals surface area contributed by atoms with Crippen molar-refractivity contribution in [3.63, 3.8) is 0 Å². The highest BCUT2D eigenvalue weighted by molar-refractivity contribution is 5.49. The molecule has 0 aromatic heterocycles. The molecule has 2 rings (SSSR count). The van der Waals surface area contributed by atoms with Crippen molar-refractivity contribution in [3.8, 4) is 0 Å². The molecular weight excluding hydrogens is 220 g/mol. The Bertz CT molecular complexity index is 369. The maximum atomic E-state index is 3.28. The Hall–Kier alpha value is -1.02. The number of benzene rings is 1. The van der Waals surface area contributed by atoms with Crippen molar-refractivity contribution in [3.05, 3.63) is 29.8 Å². The number of rotatable bonds is 4. The number of nitrogens with zero attached hydrogens (tertiary/aromatic N) is 1. The quantitative estimate of drug-likeness (QED) is 0.875. The number of anilines is 1. The second-order valence-corrected chi connectivity index (χ2v) is 5.84. The molecule has 1 aliphatic rings. The van der Waals surface area contributed by atoms with Gasteiger partial charge in [0, 0.05) is 24.8 Å². The molecule has 2 unspecified atom stereocenters. The molecule has 0 bridgehead atoms. The topological polar surface area (TPSA) is 15.3 Å². The van der Waals surface area contributed by atoms with Crippen molar-refractivity contribution in [2.24, 2.45) is 11.8 Å². The van der Waals surface area contributed by atoms with Gasteiger partial charge >= 0.3 is 0 Å². The summed E-state index contributed by atoms with van der Waals surface area (Å²) >= 11 is 0. The number of hydrogen-bond donors (Lipinski definition) is 1. The minimum atomic E-state index is 0.432. The van der Waals surface area contributed by atoms with E-state index in [0.717, 1.165) is 11.8 Å². The van der Waals surface area contributed by atoms with Crippen LogP contribution in [0.2, 0.25) is 0 Å². The molecule has 0 aliphatic carbocycles. The van der Waals surface area contributed by atoms with Crippen LogP contribution in [-0.2, 0) is 0 Å². The molecule has 2 nitrogen and oxygen atoms in total. The summed E-state index contributed by atoms with van der Waals surface area (Å²) in [6.07, 6.45) is 1.34. The predicted molar refractivity (Wildman–Crippen MR) is 79.1 cm³/mol. The molecule has 0 saturated carbocycles. The molecule has 1 saturated heterocycles. The van der Waals surface area contributed by atoms with Crippen LogP contribution < -0.4 is 10.2 Å². The smallest absolute Gasteiger partial charge is 0.0366 e. The minimum Gasteiger partial charge on any atom is -0.371 e. The standard InChI is InChI=1S/C16H26N2/c1-12(2)15-9-10-18(11-15)16-7-5-14(6-8-16)13(3)17-4/h5-8,12-13,15,17H,9-11H2,1-4H3. The summed E-state index contributed by atoms with van der Waals surface area (Å²) in [4.78, 5) is 2.53. The van der Waals surface area contributed by atoms with Gasteiger partial charge in [0.2, 0.25) is 0 Å². The molecule has 1 aromatic rings. The van der Waals surface area contributed by atoms with Gasteiger partial charge in [-0.3, -0.25) is 0 Å². The highest BCUT2D eigenvalue weighted by Crippen LogP contribution is 2.28. The molecule has 18 heavy (non-hydrogen) atoms. The molecule has 0 amide bonds. The van der Waals surface area contributed by atoms with E-state index in [0.29, 0.717) is 6.04 Å². The van der Waals surface area contributed by atoms with Crippen molar-refractivity contribution >= 4 is 5.69 Å². The third kappa shape index (κ3) is 2.86. The van der Waals surface area contributed by atoms with Crippen LogP contribution in [0.5, 0.6) is 0 Å². The van der Waals surface area contributed by atoms with Gasteiger partial charge < -0.3 is 10.2 Å². The first-order chi connectivity index (χ1) is 8.61. The van der Waals surface area contributed by atoms with Crippen LogP contribution in [0.3, 0.4) is 0 Å². The largest absolute Gasteiger partial charge is 0.371 e. The Morgan fingerprint density at radius 1 is 1.17 bits per heavy atom. The lowest BCUT2D eigenvalue weighted by atomic mass is 9.95.